The van der Waals surface area contributed by atoms with Gasteiger partial charge >= 0.3 is 0 Å². The summed E-state index contributed by atoms with van der Waals surface area (Å²) in [4.78, 5) is 15.2. The predicted molar refractivity (Wildman–Crippen MR) is 136 cm³/mol. The Bertz CT molecular complexity index is 1270. The summed E-state index contributed by atoms with van der Waals surface area (Å²) >= 11 is 0. The summed E-state index contributed by atoms with van der Waals surface area (Å²) < 4.78 is 7.73. The molecule has 1 fully saturated rings. The van der Waals surface area contributed by atoms with Crippen molar-refractivity contribution in [1.82, 2.24) is 4.57 Å². The van der Waals surface area contributed by atoms with E-state index in [0.29, 0.717) is 0 Å². The lowest BCUT2D eigenvalue weighted by molar-refractivity contribution is -0.116. The Morgan fingerprint density at radius 3 is 2.39 bits per heavy atom. The van der Waals surface area contributed by atoms with Gasteiger partial charge in [0.15, 0.2) is 0 Å². The van der Waals surface area contributed by atoms with Crippen molar-refractivity contribution in [2.45, 2.75) is 26.4 Å². The van der Waals surface area contributed by atoms with E-state index in [4.69, 9.17) is 4.74 Å². The van der Waals surface area contributed by atoms with Gasteiger partial charge in [0.1, 0.15) is 6.04 Å². The van der Waals surface area contributed by atoms with Crippen molar-refractivity contribution in [3.63, 3.8) is 0 Å². The van der Waals surface area contributed by atoms with Crippen LogP contribution in [0.3, 0.4) is 0 Å². The molecular weight excluding hydrogens is 412 g/mol. The molecule has 170 valence electrons. The van der Waals surface area contributed by atoms with E-state index < -0.39 is 0 Å². The fourth-order valence-electron chi connectivity index (χ4n) is 4.63. The van der Waals surface area contributed by atoms with Gasteiger partial charge < -0.3 is 24.8 Å². The molecule has 1 atom stereocenters. The summed E-state index contributed by atoms with van der Waals surface area (Å²) in [6.07, 6.45) is 0. The molecule has 33 heavy (non-hydrogen) atoms. The van der Waals surface area contributed by atoms with Gasteiger partial charge in [0, 0.05) is 58.5 Å². The van der Waals surface area contributed by atoms with Crippen LogP contribution in [0, 0.1) is 0 Å². The van der Waals surface area contributed by atoms with Gasteiger partial charge in [-0.3, -0.25) is 4.79 Å². The number of ether oxygens (including phenoxy) is 1. The largest absolute Gasteiger partial charge is 0.378 e. The molecule has 1 aromatic heterocycles. The SMILES string of the molecule is CCn1c2ccccc2c2cc(NC(=O)C(C)Nc3ccc(N4CCOCC4)cc3)ccc21. The average Bonchev–Trinajstić information content (AvgIpc) is 3.18. The van der Waals surface area contributed by atoms with Crippen LogP contribution in [0.2, 0.25) is 0 Å². The second kappa shape index (κ2) is 9.16. The first-order valence-corrected chi connectivity index (χ1v) is 11.6. The topological polar surface area (TPSA) is 58.5 Å². The maximum absolute atomic E-state index is 12.9. The smallest absolute Gasteiger partial charge is 0.246 e. The first-order chi connectivity index (χ1) is 16.1. The molecule has 0 saturated carbocycles. The number of amides is 1. The minimum absolute atomic E-state index is 0.0640. The van der Waals surface area contributed by atoms with Crippen LogP contribution in [0.5, 0.6) is 0 Å². The Balaban J connectivity index is 1.28. The third kappa shape index (κ3) is 4.26. The second-order valence-corrected chi connectivity index (χ2v) is 8.49. The number of para-hydroxylation sites is 1. The van der Waals surface area contributed by atoms with Gasteiger partial charge in [-0.15, -0.1) is 0 Å². The Morgan fingerprint density at radius 1 is 0.939 bits per heavy atom. The zero-order chi connectivity index (χ0) is 22.8. The monoisotopic (exact) mass is 442 g/mol. The molecule has 1 unspecified atom stereocenters. The highest BCUT2D eigenvalue weighted by Gasteiger charge is 2.16. The second-order valence-electron chi connectivity index (χ2n) is 8.49. The van der Waals surface area contributed by atoms with Crippen molar-refractivity contribution in [3.05, 3.63) is 66.7 Å². The van der Waals surface area contributed by atoms with E-state index in [1.807, 2.05) is 25.1 Å². The Kier molecular flexibility index (Phi) is 5.92. The van der Waals surface area contributed by atoms with E-state index in [-0.39, 0.29) is 11.9 Å². The third-order valence-electron chi connectivity index (χ3n) is 6.38. The number of hydrogen-bond donors (Lipinski definition) is 2. The molecule has 4 aromatic rings. The van der Waals surface area contributed by atoms with Crippen molar-refractivity contribution in [3.8, 4) is 0 Å². The van der Waals surface area contributed by atoms with Gasteiger partial charge in [-0.25, -0.2) is 0 Å². The molecule has 2 N–H and O–H groups in total. The van der Waals surface area contributed by atoms with Crippen LogP contribution in [0.15, 0.2) is 66.7 Å². The zero-order valence-electron chi connectivity index (χ0n) is 19.2. The van der Waals surface area contributed by atoms with E-state index in [1.165, 1.54) is 22.1 Å². The molecule has 3 aromatic carbocycles. The molecule has 0 spiro atoms. The number of aryl methyl sites for hydroxylation is 1. The molecule has 0 bridgehead atoms. The van der Waals surface area contributed by atoms with Crippen LogP contribution in [-0.4, -0.2) is 42.8 Å². The van der Waals surface area contributed by atoms with Gasteiger partial charge in [-0.1, -0.05) is 18.2 Å². The highest BCUT2D eigenvalue weighted by Crippen LogP contribution is 2.31. The van der Waals surface area contributed by atoms with E-state index in [1.54, 1.807) is 0 Å². The predicted octanol–water partition coefficient (Wildman–Crippen LogP) is 5.09. The minimum Gasteiger partial charge on any atom is -0.378 e. The summed E-state index contributed by atoms with van der Waals surface area (Å²) in [5.41, 5.74) is 5.32. The maximum atomic E-state index is 12.9. The van der Waals surface area contributed by atoms with Gasteiger partial charge in [0.05, 0.1) is 13.2 Å². The standard InChI is InChI=1S/C27H30N4O2/c1-3-31-25-7-5-4-6-23(25)24-18-21(10-13-26(24)31)29-27(32)19(2)28-20-8-11-22(12-9-20)30-14-16-33-17-15-30/h4-13,18-19,28H,3,14-17H2,1-2H3,(H,29,32). The number of carbonyl (C=O) groups is 1. The number of benzene rings is 3. The van der Waals surface area contributed by atoms with Crippen molar-refractivity contribution in [2.24, 2.45) is 0 Å². The van der Waals surface area contributed by atoms with Crippen molar-refractivity contribution in [1.29, 1.82) is 0 Å². The van der Waals surface area contributed by atoms with Gasteiger partial charge in [0.25, 0.3) is 0 Å². The molecule has 1 saturated heterocycles. The molecule has 6 nitrogen and oxygen atoms in total. The summed E-state index contributed by atoms with van der Waals surface area (Å²) in [6, 6.07) is 22.4. The average molecular weight is 443 g/mol. The molecule has 0 radical (unpaired) electrons. The highest BCUT2D eigenvalue weighted by atomic mass is 16.5. The summed E-state index contributed by atoms with van der Waals surface area (Å²) in [6.45, 7) is 8.29. The van der Waals surface area contributed by atoms with Crippen LogP contribution in [0.1, 0.15) is 13.8 Å². The van der Waals surface area contributed by atoms with Gasteiger partial charge in [-0.2, -0.15) is 0 Å². The number of nitrogens with one attached hydrogen (secondary N) is 2. The number of hydrogen-bond acceptors (Lipinski definition) is 4. The van der Waals surface area contributed by atoms with Crippen LogP contribution in [0.25, 0.3) is 21.8 Å². The van der Waals surface area contributed by atoms with Crippen molar-refractivity contribution >= 4 is 44.8 Å². The fourth-order valence-corrected chi connectivity index (χ4v) is 4.63. The lowest BCUT2D eigenvalue weighted by atomic mass is 10.1. The third-order valence-corrected chi connectivity index (χ3v) is 6.38. The van der Waals surface area contributed by atoms with Crippen LogP contribution < -0.4 is 15.5 Å². The number of anilines is 3. The van der Waals surface area contributed by atoms with Gasteiger partial charge in [-0.05, 0) is 62.4 Å². The molecule has 0 aliphatic carbocycles. The van der Waals surface area contributed by atoms with Gasteiger partial charge in [0.2, 0.25) is 5.91 Å². The first kappa shape index (κ1) is 21.3. The van der Waals surface area contributed by atoms with Crippen LogP contribution >= 0.6 is 0 Å². The van der Waals surface area contributed by atoms with Crippen molar-refractivity contribution < 1.29 is 9.53 Å². The summed E-state index contributed by atoms with van der Waals surface area (Å²) in [5.74, 6) is -0.0640. The quantitative estimate of drug-likeness (QED) is 0.437. The number of carbonyl (C=O) groups excluding carboxylic acids is 1. The van der Waals surface area contributed by atoms with Crippen LogP contribution in [0.4, 0.5) is 17.1 Å². The van der Waals surface area contributed by atoms with E-state index >= 15 is 0 Å². The maximum Gasteiger partial charge on any atom is 0.246 e. The number of nitrogens with zero attached hydrogens (tertiary/aromatic N) is 2. The number of aromatic nitrogens is 1. The number of fused-ring (bicyclic) bond motifs is 3. The van der Waals surface area contributed by atoms with E-state index in [0.717, 1.165) is 49.6 Å². The molecule has 5 rings (SSSR count). The molecule has 1 aliphatic rings. The molecule has 1 aliphatic heterocycles. The summed E-state index contributed by atoms with van der Waals surface area (Å²) in [5, 5.41) is 8.75. The normalized spacial score (nSPS) is 15.0. The lowest BCUT2D eigenvalue weighted by Gasteiger charge is -2.29. The lowest BCUT2D eigenvalue weighted by Crippen LogP contribution is -2.36. The molecule has 2 heterocycles. The molecule has 1 amide bonds. The number of rotatable bonds is 6. The first-order valence-electron chi connectivity index (χ1n) is 11.6. The number of morpholine rings is 1. The molecule has 6 heteroatoms. The minimum atomic E-state index is -0.369. The van der Waals surface area contributed by atoms with Crippen molar-refractivity contribution in [2.75, 3.05) is 41.8 Å². The van der Waals surface area contributed by atoms with E-state index in [9.17, 15) is 4.79 Å². The Morgan fingerprint density at radius 2 is 1.64 bits per heavy atom. The zero-order valence-corrected chi connectivity index (χ0v) is 19.2. The fraction of sp³-hybridized carbons (Fsp3) is 0.296. The Labute approximate surface area is 194 Å². The highest BCUT2D eigenvalue weighted by molar-refractivity contribution is 6.10. The van der Waals surface area contributed by atoms with E-state index in [2.05, 4.69) is 75.6 Å². The Hall–Kier alpha value is -3.51. The summed E-state index contributed by atoms with van der Waals surface area (Å²) in [7, 11) is 0. The van der Waals surface area contributed by atoms with Crippen LogP contribution in [-0.2, 0) is 16.1 Å². The molecular formula is C27H30N4O2.